The van der Waals surface area contributed by atoms with Crippen LogP contribution in [0.25, 0.3) is 6.08 Å². The normalized spacial score (nSPS) is 10.5. The molecule has 0 aliphatic carbocycles. The zero-order chi connectivity index (χ0) is 8.81. The summed E-state index contributed by atoms with van der Waals surface area (Å²) in [6.07, 6.45) is 6.77. The third kappa shape index (κ3) is 2.32. The van der Waals surface area contributed by atoms with Gasteiger partial charge in [-0.2, -0.15) is 0 Å². The van der Waals surface area contributed by atoms with Crippen molar-refractivity contribution in [3.63, 3.8) is 0 Å². The first-order valence-electron chi connectivity index (χ1n) is 3.64. The lowest BCUT2D eigenvalue weighted by atomic mass is 10.3. The molecule has 4 heteroatoms. The number of aliphatic hydroxyl groups is 1. The number of aliphatic hydroxyl groups excluding tert-OH is 1. The minimum atomic E-state index is 0.0355. The van der Waals surface area contributed by atoms with Gasteiger partial charge in [-0.25, -0.2) is 9.97 Å². The average Bonchev–Trinajstić information content (AvgIpc) is 2.15. The molecule has 2 N–H and O–H groups in total. The summed E-state index contributed by atoms with van der Waals surface area (Å²) >= 11 is 0. The van der Waals surface area contributed by atoms with Crippen molar-refractivity contribution >= 4 is 12.0 Å². The van der Waals surface area contributed by atoms with E-state index in [4.69, 9.17) is 5.11 Å². The quantitative estimate of drug-likeness (QED) is 0.685. The van der Waals surface area contributed by atoms with Crippen LogP contribution >= 0.6 is 0 Å². The molecule has 0 saturated carbocycles. The number of nitrogens with one attached hydrogen (secondary N) is 1. The van der Waals surface area contributed by atoms with Gasteiger partial charge < -0.3 is 10.4 Å². The maximum absolute atomic E-state index is 8.49. The second-order valence-electron chi connectivity index (χ2n) is 2.17. The number of nitrogens with zero attached hydrogens (tertiary/aromatic N) is 2. The Bertz CT molecular complexity index is 256. The lowest BCUT2D eigenvalue weighted by Gasteiger charge is -1.96. The summed E-state index contributed by atoms with van der Waals surface area (Å²) in [5.41, 5.74) is 0.878. The van der Waals surface area contributed by atoms with Crippen LogP contribution < -0.4 is 5.32 Å². The Hall–Kier alpha value is -1.42. The van der Waals surface area contributed by atoms with Gasteiger partial charge in [0.15, 0.2) is 0 Å². The van der Waals surface area contributed by atoms with Crippen LogP contribution in [0.1, 0.15) is 5.56 Å². The molecule has 0 bridgehead atoms. The predicted octanol–water partition coefficient (Wildman–Crippen LogP) is 0.524. The van der Waals surface area contributed by atoms with Gasteiger partial charge in [-0.15, -0.1) is 0 Å². The van der Waals surface area contributed by atoms with Gasteiger partial charge in [-0.1, -0.05) is 12.2 Å². The van der Waals surface area contributed by atoms with Crippen molar-refractivity contribution in [1.82, 2.24) is 9.97 Å². The summed E-state index contributed by atoms with van der Waals surface area (Å²) in [5, 5.41) is 11.3. The third-order valence-electron chi connectivity index (χ3n) is 1.31. The van der Waals surface area contributed by atoms with E-state index in [9.17, 15) is 0 Å². The fourth-order valence-corrected chi connectivity index (χ4v) is 0.742. The van der Waals surface area contributed by atoms with E-state index < -0.39 is 0 Å². The first-order valence-corrected chi connectivity index (χ1v) is 3.64. The molecule has 1 rings (SSSR count). The Labute approximate surface area is 71.0 Å². The molecule has 1 heterocycles. The monoisotopic (exact) mass is 165 g/mol. The largest absolute Gasteiger partial charge is 0.392 e. The van der Waals surface area contributed by atoms with Gasteiger partial charge in [0.2, 0.25) is 5.95 Å². The molecular formula is C8H11N3O. The van der Waals surface area contributed by atoms with Crippen molar-refractivity contribution in [2.45, 2.75) is 0 Å². The second kappa shape index (κ2) is 4.46. The maximum Gasteiger partial charge on any atom is 0.222 e. The third-order valence-corrected chi connectivity index (χ3v) is 1.31. The second-order valence-corrected chi connectivity index (χ2v) is 2.17. The van der Waals surface area contributed by atoms with Gasteiger partial charge in [-0.3, -0.25) is 0 Å². The first-order chi connectivity index (χ1) is 5.86. The standard InChI is InChI=1S/C8H11N3O/c1-9-8-10-5-7(6-11-8)3-2-4-12/h2-3,5-6,12H,4H2,1H3,(H,9,10,11). The molecule has 0 amide bonds. The fourth-order valence-electron chi connectivity index (χ4n) is 0.742. The molecule has 1 aromatic heterocycles. The van der Waals surface area contributed by atoms with Crippen molar-refractivity contribution in [2.75, 3.05) is 19.0 Å². The number of aromatic nitrogens is 2. The molecule has 12 heavy (non-hydrogen) atoms. The van der Waals surface area contributed by atoms with E-state index in [0.29, 0.717) is 5.95 Å². The highest BCUT2D eigenvalue weighted by Gasteiger charge is 1.89. The van der Waals surface area contributed by atoms with Crippen molar-refractivity contribution in [3.05, 3.63) is 24.0 Å². The average molecular weight is 165 g/mol. The zero-order valence-corrected chi connectivity index (χ0v) is 6.86. The highest BCUT2D eigenvalue weighted by atomic mass is 16.2. The Morgan fingerprint density at radius 2 is 2.17 bits per heavy atom. The van der Waals surface area contributed by atoms with Crippen LogP contribution in [-0.2, 0) is 0 Å². The summed E-state index contributed by atoms with van der Waals surface area (Å²) in [6.45, 7) is 0.0355. The minimum Gasteiger partial charge on any atom is -0.392 e. The summed E-state index contributed by atoms with van der Waals surface area (Å²) in [6, 6.07) is 0. The molecule has 1 aromatic rings. The van der Waals surface area contributed by atoms with E-state index in [0.717, 1.165) is 5.56 Å². The highest BCUT2D eigenvalue weighted by Crippen LogP contribution is 2.00. The smallest absolute Gasteiger partial charge is 0.222 e. The molecule has 0 saturated heterocycles. The molecular weight excluding hydrogens is 154 g/mol. The number of hydrogen-bond donors (Lipinski definition) is 2. The maximum atomic E-state index is 8.49. The lowest BCUT2D eigenvalue weighted by Crippen LogP contribution is -1.94. The van der Waals surface area contributed by atoms with Gasteiger partial charge >= 0.3 is 0 Å². The van der Waals surface area contributed by atoms with Gasteiger partial charge in [-0.05, 0) is 0 Å². The lowest BCUT2D eigenvalue weighted by molar-refractivity contribution is 0.343. The van der Waals surface area contributed by atoms with Crippen LogP contribution in [0.3, 0.4) is 0 Å². The molecule has 0 unspecified atom stereocenters. The van der Waals surface area contributed by atoms with E-state index in [1.165, 1.54) is 0 Å². The van der Waals surface area contributed by atoms with Crippen LogP contribution in [0.15, 0.2) is 18.5 Å². The van der Waals surface area contributed by atoms with Crippen molar-refractivity contribution in [1.29, 1.82) is 0 Å². The van der Waals surface area contributed by atoms with Gasteiger partial charge in [0.05, 0.1) is 6.61 Å². The molecule has 0 radical (unpaired) electrons. The molecule has 64 valence electrons. The number of hydrogen-bond acceptors (Lipinski definition) is 4. The highest BCUT2D eigenvalue weighted by molar-refractivity contribution is 5.47. The first kappa shape index (κ1) is 8.67. The molecule has 0 aliphatic rings. The fraction of sp³-hybridized carbons (Fsp3) is 0.250. The van der Waals surface area contributed by atoms with Gasteiger partial charge in [0, 0.05) is 25.0 Å². The number of rotatable bonds is 3. The molecule has 4 nitrogen and oxygen atoms in total. The topological polar surface area (TPSA) is 58.0 Å². The van der Waals surface area contributed by atoms with E-state index in [1.807, 2.05) is 0 Å². The summed E-state index contributed by atoms with van der Waals surface area (Å²) in [5.74, 6) is 0.594. The minimum absolute atomic E-state index is 0.0355. The molecule has 0 fully saturated rings. The van der Waals surface area contributed by atoms with Crippen molar-refractivity contribution in [3.8, 4) is 0 Å². The van der Waals surface area contributed by atoms with Crippen molar-refractivity contribution in [2.24, 2.45) is 0 Å². The molecule has 0 aromatic carbocycles. The van der Waals surface area contributed by atoms with E-state index >= 15 is 0 Å². The van der Waals surface area contributed by atoms with Crippen LogP contribution in [0, 0.1) is 0 Å². The van der Waals surface area contributed by atoms with Crippen molar-refractivity contribution < 1.29 is 5.11 Å². The van der Waals surface area contributed by atoms with Crippen LogP contribution in [0.2, 0.25) is 0 Å². The summed E-state index contributed by atoms with van der Waals surface area (Å²) in [4.78, 5) is 7.99. The Morgan fingerprint density at radius 3 is 2.67 bits per heavy atom. The summed E-state index contributed by atoms with van der Waals surface area (Å²) in [7, 11) is 1.76. The summed E-state index contributed by atoms with van der Waals surface area (Å²) < 4.78 is 0. The van der Waals surface area contributed by atoms with E-state index in [2.05, 4.69) is 15.3 Å². The molecule has 0 atom stereocenters. The van der Waals surface area contributed by atoms with Crippen LogP contribution in [0.4, 0.5) is 5.95 Å². The van der Waals surface area contributed by atoms with E-state index in [1.54, 1.807) is 31.6 Å². The SMILES string of the molecule is CNc1ncc(C=CCO)cn1. The zero-order valence-electron chi connectivity index (χ0n) is 6.86. The molecule has 0 spiro atoms. The van der Waals surface area contributed by atoms with Gasteiger partial charge in [0.1, 0.15) is 0 Å². The van der Waals surface area contributed by atoms with E-state index in [-0.39, 0.29) is 6.61 Å². The Balaban J connectivity index is 2.71. The van der Waals surface area contributed by atoms with Crippen LogP contribution in [-0.4, -0.2) is 28.7 Å². The number of anilines is 1. The van der Waals surface area contributed by atoms with Gasteiger partial charge in [0.25, 0.3) is 0 Å². The molecule has 0 aliphatic heterocycles. The van der Waals surface area contributed by atoms with Crippen LogP contribution in [0.5, 0.6) is 0 Å². The Morgan fingerprint density at radius 1 is 1.50 bits per heavy atom. The predicted molar refractivity (Wildman–Crippen MR) is 47.7 cm³/mol. The Kier molecular flexibility index (Phi) is 3.22.